The minimum atomic E-state index is -4.21. The van der Waals surface area contributed by atoms with E-state index in [1.807, 2.05) is 26.0 Å². The third kappa shape index (κ3) is 5.38. The Kier molecular flexibility index (Phi) is 7.33. The van der Waals surface area contributed by atoms with Crippen molar-refractivity contribution in [2.45, 2.75) is 53.4 Å². The van der Waals surface area contributed by atoms with Gasteiger partial charge in [0.2, 0.25) is 0 Å². The standard InChI is InChI=1S/C22H31O5P/c1-7-17-11-19(15(4)10-21(17)27-13-28(23,24)25)12-18-8-9-20(26-6)22(14(2)3)16(18)5/h8-11,14H,7,12-13H2,1-6H3,(H2,23,24,25). The summed E-state index contributed by atoms with van der Waals surface area (Å²) < 4.78 is 22.1. The summed E-state index contributed by atoms with van der Waals surface area (Å²) in [5.41, 5.74) is 6.90. The molecule has 28 heavy (non-hydrogen) atoms. The maximum atomic E-state index is 11.1. The minimum Gasteiger partial charge on any atom is -0.496 e. The lowest BCUT2D eigenvalue weighted by atomic mass is 9.89. The van der Waals surface area contributed by atoms with Gasteiger partial charge < -0.3 is 19.3 Å². The average Bonchev–Trinajstić information content (AvgIpc) is 2.61. The fourth-order valence-electron chi connectivity index (χ4n) is 3.57. The summed E-state index contributed by atoms with van der Waals surface area (Å²) >= 11 is 0. The van der Waals surface area contributed by atoms with E-state index >= 15 is 0 Å². The Labute approximate surface area is 167 Å². The summed E-state index contributed by atoms with van der Waals surface area (Å²) in [5, 5.41) is 0. The van der Waals surface area contributed by atoms with Crippen LogP contribution in [0.3, 0.4) is 0 Å². The number of rotatable bonds is 8. The van der Waals surface area contributed by atoms with Crippen molar-refractivity contribution < 1.29 is 23.8 Å². The molecule has 2 aromatic rings. The predicted molar refractivity (Wildman–Crippen MR) is 113 cm³/mol. The zero-order valence-corrected chi connectivity index (χ0v) is 18.5. The quantitative estimate of drug-likeness (QED) is 0.597. The van der Waals surface area contributed by atoms with E-state index < -0.39 is 13.9 Å². The maximum Gasteiger partial charge on any atom is 0.362 e. The number of hydrogen-bond donors (Lipinski definition) is 2. The second-order valence-corrected chi connectivity index (χ2v) is 9.06. The molecule has 0 fully saturated rings. The van der Waals surface area contributed by atoms with Gasteiger partial charge in [-0.15, -0.1) is 0 Å². The van der Waals surface area contributed by atoms with Crippen LogP contribution in [-0.4, -0.2) is 23.2 Å². The van der Waals surface area contributed by atoms with Crippen molar-refractivity contribution in [1.29, 1.82) is 0 Å². The first kappa shape index (κ1) is 22.5. The molecule has 0 bridgehead atoms. The Bertz CT molecular complexity index is 883. The molecule has 0 radical (unpaired) electrons. The van der Waals surface area contributed by atoms with Crippen LogP contribution in [0.4, 0.5) is 0 Å². The first-order chi connectivity index (χ1) is 13.1. The molecule has 2 N–H and O–H groups in total. The van der Waals surface area contributed by atoms with Crippen molar-refractivity contribution in [3.05, 3.63) is 57.6 Å². The van der Waals surface area contributed by atoms with E-state index in [2.05, 4.69) is 32.9 Å². The summed E-state index contributed by atoms with van der Waals surface area (Å²) in [7, 11) is -2.50. The van der Waals surface area contributed by atoms with Crippen LogP contribution in [0.15, 0.2) is 24.3 Å². The van der Waals surface area contributed by atoms with Gasteiger partial charge in [0, 0.05) is 0 Å². The van der Waals surface area contributed by atoms with Gasteiger partial charge in [0.05, 0.1) is 7.11 Å². The highest BCUT2D eigenvalue weighted by molar-refractivity contribution is 7.51. The average molecular weight is 406 g/mol. The Morgan fingerprint density at radius 1 is 1.04 bits per heavy atom. The van der Waals surface area contributed by atoms with Crippen LogP contribution in [0.5, 0.6) is 11.5 Å². The van der Waals surface area contributed by atoms with Crippen LogP contribution in [-0.2, 0) is 17.4 Å². The Balaban J connectivity index is 2.39. The van der Waals surface area contributed by atoms with Crippen molar-refractivity contribution in [1.82, 2.24) is 0 Å². The van der Waals surface area contributed by atoms with E-state index in [4.69, 9.17) is 19.3 Å². The van der Waals surface area contributed by atoms with Gasteiger partial charge in [-0.3, -0.25) is 4.57 Å². The molecule has 2 aromatic carbocycles. The molecule has 0 amide bonds. The van der Waals surface area contributed by atoms with E-state index in [1.54, 1.807) is 7.11 Å². The summed E-state index contributed by atoms with van der Waals surface area (Å²) in [6.45, 7) is 10.5. The van der Waals surface area contributed by atoms with E-state index in [1.165, 1.54) is 22.3 Å². The number of benzene rings is 2. The van der Waals surface area contributed by atoms with E-state index in [-0.39, 0.29) is 0 Å². The summed E-state index contributed by atoms with van der Waals surface area (Å²) in [4.78, 5) is 18.2. The van der Waals surface area contributed by atoms with Crippen LogP contribution in [0.25, 0.3) is 0 Å². The highest BCUT2D eigenvalue weighted by Crippen LogP contribution is 2.37. The molecule has 0 atom stereocenters. The highest BCUT2D eigenvalue weighted by Gasteiger charge is 2.18. The van der Waals surface area contributed by atoms with Crippen LogP contribution in [0.1, 0.15) is 60.1 Å². The fourth-order valence-corrected chi connectivity index (χ4v) is 3.88. The predicted octanol–water partition coefficient (Wildman–Crippen LogP) is 5.10. The lowest BCUT2D eigenvalue weighted by Crippen LogP contribution is -2.05. The lowest BCUT2D eigenvalue weighted by molar-refractivity contribution is 0.299. The molecule has 5 nitrogen and oxygen atoms in total. The number of aryl methyl sites for hydroxylation is 2. The van der Waals surface area contributed by atoms with Gasteiger partial charge in [0.25, 0.3) is 0 Å². The maximum absolute atomic E-state index is 11.1. The van der Waals surface area contributed by atoms with E-state index in [0.29, 0.717) is 11.7 Å². The van der Waals surface area contributed by atoms with Gasteiger partial charge in [-0.25, -0.2) is 0 Å². The molecule has 0 unspecified atom stereocenters. The molecule has 6 heteroatoms. The first-order valence-corrected chi connectivity index (χ1v) is 11.3. The van der Waals surface area contributed by atoms with Crippen LogP contribution in [0, 0.1) is 13.8 Å². The minimum absolute atomic E-state index is 0.366. The number of hydrogen-bond acceptors (Lipinski definition) is 3. The third-order valence-electron chi connectivity index (χ3n) is 5.05. The molecular weight excluding hydrogens is 375 g/mol. The van der Waals surface area contributed by atoms with E-state index in [0.717, 1.165) is 29.7 Å². The molecule has 0 spiro atoms. The van der Waals surface area contributed by atoms with E-state index in [9.17, 15) is 4.57 Å². The molecule has 0 saturated carbocycles. The Morgan fingerprint density at radius 2 is 1.71 bits per heavy atom. The lowest BCUT2D eigenvalue weighted by Gasteiger charge is -2.20. The Morgan fingerprint density at radius 3 is 2.25 bits per heavy atom. The molecule has 0 heterocycles. The van der Waals surface area contributed by atoms with Gasteiger partial charge in [-0.1, -0.05) is 32.9 Å². The molecular formula is C22H31O5P. The van der Waals surface area contributed by atoms with Crippen molar-refractivity contribution in [2.75, 3.05) is 13.5 Å². The topological polar surface area (TPSA) is 76.0 Å². The smallest absolute Gasteiger partial charge is 0.362 e. The van der Waals surface area contributed by atoms with Crippen molar-refractivity contribution in [3.8, 4) is 11.5 Å². The van der Waals surface area contributed by atoms with Gasteiger partial charge in [0.15, 0.2) is 6.35 Å². The molecule has 0 saturated heterocycles. The third-order valence-corrected chi connectivity index (χ3v) is 5.52. The van der Waals surface area contributed by atoms with Gasteiger partial charge in [0.1, 0.15) is 11.5 Å². The second-order valence-electron chi connectivity index (χ2n) is 7.48. The van der Waals surface area contributed by atoms with Crippen molar-refractivity contribution in [2.24, 2.45) is 0 Å². The van der Waals surface area contributed by atoms with Gasteiger partial charge in [-0.2, -0.15) is 0 Å². The molecule has 0 aliphatic carbocycles. The summed E-state index contributed by atoms with van der Waals surface area (Å²) in [5.74, 6) is 1.83. The fraction of sp³-hybridized carbons (Fsp3) is 0.455. The zero-order chi connectivity index (χ0) is 21.1. The first-order valence-electron chi connectivity index (χ1n) is 9.53. The van der Waals surface area contributed by atoms with Crippen molar-refractivity contribution in [3.63, 3.8) is 0 Å². The largest absolute Gasteiger partial charge is 0.496 e. The number of ether oxygens (including phenoxy) is 2. The highest BCUT2D eigenvalue weighted by atomic mass is 31.2. The normalized spacial score (nSPS) is 11.8. The zero-order valence-electron chi connectivity index (χ0n) is 17.6. The van der Waals surface area contributed by atoms with Crippen molar-refractivity contribution >= 4 is 7.60 Å². The molecule has 0 aromatic heterocycles. The van der Waals surface area contributed by atoms with Crippen LogP contribution >= 0.6 is 7.60 Å². The Hall–Kier alpha value is -1.81. The molecule has 2 rings (SSSR count). The summed E-state index contributed by atoms with van der Waals surface area (Å²) in [6.07, 6.45) is 0.907. The molecule has 0 aliphatic heterocycles. The monoisotopic (exact) mass is 406 g/mol. The number of methoxy groups -OCH3 is 1. The van der Waals surface area contributed by atoms with Crippen LogP contribution < -0.4 is 9.47 Å². The SMILES string of the molecule is CCc1cc(Cc2ccc(OC)c(C(C)C)c2C)c(C)cc1OCP(=O)(O)O. The molecule has 154 valence electrons. The van der Waals surface area contributed by atoms with Crippen LogP contribution in [0.2, 0.25) is 0 Å². The van der Waals surface area contributed by atoms with Gasteiger partial charge >= 0.3 is 7.60 Å². The second kappa shape index (κ2) is 9.13. The van der Waals surface area contributed by atoms with Gasteiger partial charge in [-0.05, 0) is 78.1 Å². The molecule has 0 aliphatic rings. The summed E-state index contributed by atoms with van der Waals surface area (Å²) in [6, 6.07) is 8.11.